The van der Waals surface area contributed by atoms with Crippen molar-refractivity contribution in [2.75, 3.05) is 4.90 Å². The summed E-state index contributed by atoms with van der Waals surface area (Å²) in [4.78, 5) is 2.40. The molecule has 0 aromatic heterocycles. The van der Waals surface area contributed by atoms with E-state index in [2.05, 4.69) is 181 Å². The zero-order valence-electron chi connectivity index (χ0n) is 23.7. The zero-order chi connectivity index (χ0) is 28.6. The third kappa shape index (κ3) is 4.52. The molecule has 0 saturated carbocycles. The lowest BCUT2D eigenvalue weighted by Crippen LogP contribution is -2.10. The fourth-order valence-electron chi connectivity index (χ4n) is 6.34. The molecule has 43 heavy (non-hydrogen) atoms. The molecule has 1 heteroatoms. The van der Waals surface area contributed by atoms with Crippen molar-refractivity contribution in [3.63, 3.8) is 0 Å². The summed E-state index contributed by atoms with van der Waals surface area (Å²) in [5.41, 5.74) is 8.29. The van der Waals surface area contributed by atoms with Crippen LogP contribution in [0.25, 0.3) is 54.6 Å². The van der Waals surface area contributed by atoms with Gasteiger partial charge in [0.2, 0.25) is 0 Å². The van der Waals surface area contributed by atoms with Gasteiger partial charge in [0.25, 0.3) is 0 Å². The Bertz CT molecular complexity index is 2220. The number of fused-ring (bicyclic) bond motifs is 5. The maximum Gasteiger partial charge on any atom is 0.0546 e. The number of anilines is 3. The van der Waals surface area contributed by atoms with E-state index in [0.29, 0.717) is 0 Å². The van der Waals surface area contributed by atoms with Crippen LogP contribution in [0.3, 0.4) is 0 Å². The molecule has 1 nitrogen and oxygen atoms in total. The summed E-state index contributed by atoms with van der Waals surface area (Å²) in [6.07, 6.45) is 0. The average Bonchev–Trinajstić information content (AvgIpc) is 3.09. The lowest BCUT2D eigenvalue weighted by atomic mass is 9.95. The molecule has 0 aliphatic rings. The highest BCUT2D eigenvalue weighted by Gasteiger charge is 2.18. The predicted molar refractivity (Wildman–Crippen MR) is 185 cm³/mol. The lowest BCUT2D eigenvalue weighted by Gasteiger charge is -2.28. The zero-order valence-corrected chi connectivity index (χ0v) is 23.7. The Morgan fingerprint density at radius 3 is 1.56 bits per heavy atom. The van der Waals surface area contributed by atoms with Crippen LogP contribution in [0.4, 0.5) is 17.1 Å². The van der Waals surface area contributed by atoms with Crippen LogP contribution in [0.5, 0.6) is 0 Å². The summed E-state index contributed by atoms with van der Waals surface area (Å²) in [7, 11) is 0. The second kappa shape index (κ2) is 10.6. The van der Waals surface area contributed by atoms with Gasteiger partial charge in [-0.15, -0.1) is 0 Å². The minimum Gasteiger partial charge on any atom is -0.310 e. The molecule has 8 aromatic rings. The van der Waals surface area contributed by atoms with E-state index in [1.54, 1.807) is 0 Å². The van der Waals surface area contributed by atoms with Crippen LogP contribution in [0.15, 0.2) is 176 Å². The van der Waals surface area contributed by atoms with Crippen molar-refractivity contribution in [2.45, 2.75) is 0 Å². The molecule has 0 atom stereocenters. The van der Waals surface area contributed by atoms with Crippen molar-refractivity contribution < 1.29 is 0 Å². The molecule has 0 aliphatic heterocycles. The van der Waals surface area contributed by atoms with E-state index in [-0.39, 0.29) is 0 Å². The fraction of sp³-hybridized carbons (Fsp3) is 0. The van der Waals surface area contributed by atoms with Crippen LogP contribution in [0.2, 0.25) is 0 Å². The highest BCUT2D eigenvalue weighted by atomic mass is 15.1. The molecule has 0 radical (unpaired) electrons. The van der Waals surface area contributed by atoms with Crippen LogP contribution in [-0.2, 0) is 0 Å². The Hall–Kier alpha value is -5.66. The number of nitrogens with zero attached hydrogens (tertiary/aromatic N) is 1. The molecule has 0 amide bonds. The first kappa shape index (κ1) is 25.1. The molecule has 0 aliphatic carbocycles. The van der Waals surface area contributed by atoms with Gasteiger partial charge in [0.1, 0.15) is 0 Å². The van der Waals surface area contributed by atoms with Crippen molar-refractivity contribution in [1.82, 2.24) is 0 Å². The van der Waals surface area contributed by atoms with Crippen molar-refractivity contribution in [2.24, 2.45) is 0 Å². The van der Waals surface area contributed by atoms with Gasteiger partial charge in [-0.2, -0.15) is 0 Å². The standard InChI is InChI=1S/C42H29N/c1-3-12-30(13-4-1)33-15-11-16-34(28-33)31-22-25-36(26-23-31)43(35-17-5-2-6-18-35)42-29-41-37-19-8-7-14-32(37)24-27-39(41)38-20-9-10-21-40(38)42/h1-29H. The Kier molecular flexibility index (Phi) is 6.20. The Morgan fingerprint density at radius 2 is 0.814 bits per heavy atom. The first-order valence-corrected chi connectivity index (χ1v) is 14.8. The van der Waals surface area contributed by atoms with Gasteiger partial charge in [-0.25, -0.2) is 0 Å². The van der Waals surface area contributed by atoms with E-state index < -0.39 is 0 Å². The third-order valence-corrected chi connectivity index (χ3v) is 8.43. The minimum atomic E-state index is 1.12. The summed E-state index contributed by atoms with van der Waals surface area (Å²) in [5, 5.41) is 7.56. The molecule has 8 aromatic carbocycles. The van der Waals surface area contributed by atoms with E-state index in [0.717, 1.165) is 11.4 Å². The van der Waals surface area contributed by atoms with Crippen LogP contribution in [0.1, 0.15) is 0 Å². The van der Waals surface area contributed by atoms with Gasteiger partial charge >= 0.3 is 0 Å². The van der Waals surface area contributed by atoms with Gasteiger partial charge in [-0.3, -0.25) is 0 Å². The molecule has 0 spiro atoms. The van der Waals surface area contributed by atoms with Gasteiger partial charge < -0.3 is 4.90 Å². The summed E-state index contributed by atoms with van der Waals surface area (Å²) < 4.78 is 0. The highest BCUT2D eigenvalue weighted by molar-refractivity contribution is 6.21. The molecule has 0 saturated heterocycles. The first-order chi connectivity index (χ1) is 21.3. The summed E-state index contributed by atoms with van der Waals surface area (Å²) in [5.74, 6) is 0. The van der Waals surface area contributed by atoms with Crippen LogP contribution in [-0.4, -0.2) is 0 Å². The topological polar surface area (TPSA) is 3.24 Å². The number of hydrogen-bond donors (Lipinski definition) is 0. The van der Waals surface area contributed by atoms with Crippen molar-refractivity contribution in [1.29, 1.82) is 0 Å². The number of benzene rings is 8. The Labute approximate surface area is 251 Å². The first-order valence-electron chi connectivity index (χ1n) is 14.8. The van der Waals surface area contributed by atoms with Crippen molar-refractivity contribution >= 4 is 49.4 Å². The minimum absolute atomic E-state index is 1.12. The second-order valence-corrected chi connectivity index (χ2v) is 11.0. The fourth-order valence-corrected chi connectivity index (χ4v) is 6.34. The van der Waals surface area contributed by atoms with Gasteiger partial charge in [0, 0.05) is 16.8 Å². The van der Waals surface area contributed by atoms with E-state index in [9.17, 15) is 0 Å². The average molecular weight is 548 g/mol. The number of hydrogen-bond acceptors (Lipinski definition) is 1. The van der Waals surface area contributed by atoms with Gasteiger partial charge in [0.15, 0.2) is 0 Å². The molecule has 8 rings (SSSR count). The monoisotopic (exact) mass is 547 g/mol. The molecule has 0 N–H and O–H groups in total. The molecule has 0 fully saturated rings. The summed E-state index contributed by atoms with van der Waals surface area (Å²) in [6.45, 7) is 0. The molecule has 202 valence electrons. The molecular weight excluding hydrogens is 518 g/mol. The third-order valence-electron chi connectivity index (χ3n) is 8.43. The quantitative estimate of drug-likeness (QED) is 0.194. The molecule has 0 bridgehead atoms. The Balaban J connectivity index is 1.31. The molecular formula is C42H29N. The maximum atomic E-state index is 2.40. The van der Waals surface area contributed by atoms with Crippen molar-refractivity contribution in [3.8, 4) is 22.3 Å². The van der Waals surface area contributed by atoms with E-state index in [1.807, 2.05) is 0 Å². The number of para-hydroxylation sites is 1. The van der Waals surface area contributed by atoms with Gasteiger partial charge in [-0.05, 0) is 85.6 Å². The summed E-state index contributed by atoms with van der Waals surface area (Å²) >= 11 is 0. The largest absolute Gasteiger partial charge is 0.310 e. The smallest absolute Gasteiger partial charge is 0.0546 e. The van der Waals surface area contributed by atoms with Crippen molar-refractivity contribution in [3.05, 3.63) is 176 Å². The highest BCUT2D eigenvalue weighted by Crippen LogP contribution is 2.43. The van der Waals surface area contributed by atoms with E-state index in [4.69, 9.17) is 0 Å². The van der Waals surface area contributed by atoms with Crippen LogP contribution in [0, 0.1) is 0 Å². The van der Waals surface area contributed by atoms with E-state index in [1.165, 1.54) is 60.3 Å². The van der Waals surface area contributed by atoms with Crippen LogP contribution < -0.4 is 4.90 Å². The van der Waals surface area contributed by atoms with Crippen LogP contribution >= 0.6 is 0 Å². The number of rotatable bonds is 5. The maximum absolute atomic E-state index is 2.40. The molecule has 0 unspecified atom stereocenters. The summed E-state index contributed by atoms with van der Waals surface area (Å²) in [6, 6.07) is 63.4. The Morgan fingerprint density at radius 1 is 0.279 bits per heavy atom. The van der Waals surface area contributed by atoms with Gasteiger partial charge in [0.05, 0.1) is 5.69 Å². The van der Waals surface area contributed by atoms with Gasteiger partial charge in [-0.1, -0.05) is 140 Å². The lowest BCUT2D eigenvalue weighted by molar-refractivity contribution is 1.30. The predicted octanol–water partition coefficient (Wildman–Crippen LogP) is 11.9. The second-order valence-electron chi connectivity index (χ2n) is 11.0. The van der Waals surface area contributed by atoms with E-state index >= 15 is 0 Å². The SMILES string of the molecule is c1ccc(-c2cccc(-c3ccc(N(c4ccccc4)c4cc5c6ccccc6ccc5c5ccccc45)cc3)c2)cc1. The molecule has 0 heterocycles. The normalized spacial score (nSPS) is 11.3.